The normalized spacial score (nSPS) is 33.6. The van der Waals surface area contributed by atoms with E-state index in [1.807, 2.05) is 0 Å². The fraction of sp³-hybridized carbons (Fsp3) is 0.538. The number of aliphatic hydroxyl groups is 2. The smallest absolute Gasteiger partial charge is 0.351 e. The Morgan fingerprint density at radius 1 is 1.67 bits per heavy atom. The monoisotopic (exact) mass is 294 g/mol. The molecule has 8 heteroatoms. The fourth-order valence-electron chi connectivity index (χ4n) is 2.48. The lowest BCUT2D eigenvalue weighted by Crippen LogP contribution is -2.55. The van der Waals surface area contributed by atoms with Gasteiger partial charge in [-0.3, -0.25) is 4.57 Å². The third-order valence-corrected chi connectivity index (χ3v) is 3.62. The second-order valence-corrected chi connectivity index (χ2v) is 5.19. The zero-order valence-electron chi connectivity index (χ0n) is 11.7. The van der Waals surface area contributed by atoms with Crippen molar-refractivity contribution in [2.45, 2.75) is 43.9 Å². The van der Waals surface area contributed by atoms with E-state index in [2.05, 4.69) is 10.9 Å². The van der Waals surface area contributed by atoms with Crippen molar-refractivity contribution in [3.8, 4) is 12.3 Å². The summed E-state index contributed by atoms with van der Waals surface area (Å²) in [6.07, 6.45) is 0.901. The van der Waals surface area contributed by atoms with E-state index in [9.17, 15) is 15.0 Å². The molecular formula is C13H18N4O4. The van der Waals surface area contributed by atoms with E-state index in [1.165, 1.54) is 13.0 Å². The van der Waals surface area contributed by atoms with E-state index in [0.717, 1.165) is 4.57 Å². The molecule has 0 radical (unpaired) electrons. The van der Waals surface area contributed by atoms with Gasteiger partial charge in [0.05, 0.1) is 6.10 Å². The second kappa shape index (κ2) is 5.13. The van der Waals surface area contributed by atoms with Gasteiger partial charge in [-0.1, -0.05) is 5.92 Å². The van der Waals surface area contributed by atoms with Crippen molar-refractivity contribution in [3.05, 3.63) is 22.2 Å². The van der Waals surface area contributed by atoms with E-state index in [-0.39, 0.29) is 5.82 Å². The first-order chi connectivity index (χ1) is 9.72. The highest BCUT2D eigenvalue weighted by molar-refractivity contribution is 5.30. The summed E-state index contributed by atoms with van der Waals surface area (Å²) in [7, 11) is 0. The van der Waals surface area contributed by atoms with E-state index < -0.39 is 35.8 Å². The number of nitrogen functional groups attached to an aromatic ring is 1. The molecule has 1 aliphatic heterocycles. The van der Waals surface area contributed by atoms with Crippen LogP contribution < -0.4 is 17.2 Å². The molecule has 0 bridgehead atoms. The molecule has 2 rings (SSSR count). The van der Waals surface area contributed by atoms with Crippen molar-refractivity contribution in [3.63, 3.8) is 0 Å². The molecule has 114 valence electrons. The Hall–Kier alpha value is -1.92. The Kier molecular flexibility index (Phi) is 3.78. The van der Waals surface area contributed by atoms with Gasteiger partial charge in [-0.05, 0) is 19.9 Å². The summed E-state index contributed by atoms with van der Waals surface area (Å²) in [6, 6.07) is 1.46. The number of ether oxygens (including phenoxy) is 1. The largest absolute Gasteiger partial charge is 0.391 e. The number of aryl methyl sites for hydroxylation is 1. The van der Waals surface area contributed by atoms with Crippen LogP contribution in [0, 0.1) is 19.3 Å². The van der Waals surface area contributed by atoms with Gasteiger partial charge in [0, 0.05) is 5.69 Å². The van der Waals surface area contributed by atoms with Crippen LogP contribution in [0.5, 0.6) is 0 Å². The molecule has 8 nitrogen and oxygen atoms in total. The van der Waals surface area contributed by atoms with Crippen LogP contribution in [-0.2, 0) is 4.74 Å². The van der Waals surface area contributed by atoms with Gasteiger partial charge in [-0.15, -0.1) is 6.42 Å². The molecule has 0 aromatic carbocycles. The van der Waals surface area contributed by atoms with Gasteiger partial charge in [0.25, 0.3) is 0 Å². The summed E-state index contributed by atoms with van der Waals surface area (Å²) in [4.78, 5) is 15.7. The molecular weight excluding hydrogens is 276 g/mol. The van der Waals surface area contributed by atoms with Crippen LogP contribution in [0.1, 0.15) is 18.8 Å². The number of rotatable bonds is 2. The average Bonchev–Trinajstić information content (AvgIpc) is 2.63. The summed E-state index contributed by atoms with van der Waals surface area (Å²) >= 11 is 0. The Morgan fingerprint density at radius 2 is 2.29 bits per heavy atom. The average molecular weight is 294 g/mol. The van der Waals surface area contributed by atoms with Crippen molar-refractivity contribution in [2.24, 2.45) is 5.73 Å². The zero-order chi connectivity index (χ0) is 15.9. The molecule has 1 aromatic heterocycles. The topological polar surface area (TPSA) is 137 Å². The Labute approximate surface area is 121 Å². The first-order valence-electron chi connectivity index (χ1n) is 6.36. The van der Waals surface area contributed by atoms with Crippen molar-refractivity contribution in [2.75, 3.05) is 5.73 Å². The van der Waals surface area contributed by atoms with E-state index in [4.69, 9.17) is 22.6 Å². The van der Waals surface area contributed by atoms with Crippen LogP contribution in [-0.4, -0.2) is 43.6 Å². The molecule has 1 aromatic rings. The lowest BCUT2D eigenvalue weighted by Gasteiger charge is -2.28. The molecule has 1 saturated heterocycles. The predicted octanol–water partition coefficient (Wildman–Crippen LogP) is -1.90. The molecule has 6 N–H and O–H groups in total. The first kappa shape index (κ1) is 15.5. The number of terminal acetylenes is 1. The van der Waals surface area contributed by atoms with Gasteiger partial charge < -0.3 is 26.4 Å². The lowest BCUT2D eigenvalue weighted by molar-refractivity contribution is -0.0783. The van der Waals surface area contributed by atoms with Crippen molar-refractivity contribution >= 4 is 5.82 Å². The standard InChI is InChI=1S/C13H18N4O4/c1-4-13(15)10(19)9(7(3)18)21-11(13)17-6(2)5-8(14)16-12(17)20/h1,5,7,9-11,18-19H,15H2,2-3H3,(H2,14,16,20)/t7-,9+,10-,11+,13?/m0/s1. The molecule has 0 aliphatic carbocycles. The minimum atomic E-state index is -1.67. The number of nitrogens with two attached hydrogens (primary N) is 2. The predicted molar refractivity (Wildman–Crippen MR) is 75.0 cm³/mol. The Morgan fingerprint density at radius 3 is 2.76 bits per heavy atom. The number of hydrogen-bond acceptors (Lipinski definition) is 7. The second-order valence-electron chi connectivity index (χ2n) is 5.19. The molecule has 21 heavy (non-hydrogen) atoms. The van der Waals surface area contributed by atoms with Crippen LogP contribution in [0.15, 0.2) is 10.9 Å². The SMILES string of the molecule is C#CC1(N)[C@@H](O)[C@@H]([C@H](C)O)O[C@H]1n1c(C)cc(N)nc1=O. The zero-order valence-corrected chi connectivity index (χ0v) is 11.7. The fourth-order valence-corrected chi connectivity index (χ4v) is 2.48. The van der Waals surface area contributed by atoms with Crippen LogP contribution in [0.25, 0.3) is 0 Å². The summed E-state index contributed by atoms with van der Waals surface area (Å²) < 4.78 is 6.67. The number of aliphatic hydroxyl groups excluding tert-OH is 2. The van der Waals surface area contributed by atoms with Gasteiger partial charge in [0.2, 0.25) is 0 Å². The van der Waals surface area contributed by atoms with Crippen molar-refractivity contribution in [1.29, 1.82) is 0 Å². The van der Waals surface area contributed by atoms with Gasteiger partial charge in [0.1, 0.15) is 18.0 Å². The third-order valence-electron chi connectivity index (χ3n) is 3.62. The molecule has 0 spiro atoms. The summed E-state index contributed by atoms with van der Waals surface area (Å²) in [5, 5.41) is 19.9. The molecule has 0 saturated carbocycles. The highest BCUT2D eigenvalue weighted by atomic mass is 16.5. The summed E-state index contributed by atoms with van der Waals surface area (Å²) in [6.45, 7) is 3.05. The first-order valence-corrected chi connectivity index (χ1v) is 6.36. The molecule has 1 unspecified atom stereocenters. The molecule has 1 aliphatic rings. The quantitative estimate of drug-likeness (QED) is 0.468. The van der Waals surface area contributed by atoms with Gasteiger partial charge in [-0.2, -0.15) is 4.98 Å². The molecule has 1 fully saturated rings. The minimum absolute atomic E-state index is 0.0581. The van der Waals surface area contributed by atoms with Crippen LogP contribution in [0.4, 0.5) is 5.82 Å². The molecule has 2 heterocycles. The Bertz CT molecular complexity index is 651. The Balaban J connectivity index is 2.59. The summed E-state index contributed by atoms with van der Waals surface area (Å²) in [5.74, 6) is 2.32. The van der Waals surface area contributed by atoms with E-state index in [1.54, 1.807) is 6.92 Å². The van der Waals surface area contributed by atoms with Crippen LogP contribution >= 0.6 is 0 Å². The maximum absolute atomic E-state index is 12.1. The van der Waals surface area contributed by atoms with E-state index in [0.29, 0.717) is 5.69 Å². The number of anilines is 1. The maximum Gasteiger partial charge on any atom is 0.351 e. The minimum Gasteiger partial charge on any atom is -0.391 e. The maximum atomic E-state index is 12.1. The van der Waals surface area contributed by atoms with E-state index >= 15 is 0 Å². The third kappa shape index (κ3) is 2.30. The van der Waals surface area contributed by atoms with Crippen molar-refractivity contribution in [1.82, 2.24) is 9.55 Å². The molecule has 0 amide bonds. The molecule has 5 atom stereocenters. The van der Waals surface area contributed by atoms with Crippen LogP contribution in [0.2, 0.25) is 0 Å². The number of nitrogens with zero attached hydrogens (tertiary/aromatic N) is 2. The summed E-state index contributed by atoms with van der Waals surface area (Å²) in [5.41, 5.74) is 9.61. The van der Waals surface area contributed by atoms with Gasteiger partial charge in [0.15, 0.2) is 11.8 Å². The lowest BCUT2D eigenvalue weighted by atomic mass is 9.90. The number of aromatic nitrogens is 2. The highest BCUT2D eigenvalue weighted by Crippen LogP contribution is 2.37. The van der Waals surface area contributed by atoms with Gasteiger partial charge in [-0.25, -0.2) is 4.79 Å². The van der Waals surface area contributed by atoms with Crippen molar-refractivity contribution < 1.29 is 14.9 Å². The number of hydrogen-bond donors (Lipinski definition) is 4. The highest BCUT2D eigenvalue weighted by Gasteiger charge is 2.56. The van der Waals surface area contributed by atoms with Crippen LogP contribution in [0.3, 0.4) is 0 Å². The van der Waals surface area contributed by atoms with Gasteiger partial charge >= 0.3 is 5.69 Å².